The van der Waals surface area contributed by atoms with E-state index in [0.717, 1.165) is 0 Å². The molecule has 0 saturated carbocycles. The third-order valence-corrected chi connectivity index (χ3v) is 3.68. The summed E-state index contributed by atoms with van der Waals surface area (Å²) < 4.78 is 19.7. The SMILES string of the molecule is Cl.N[C@@H](CC(=O)O)Cn1nnc(-c2ccc(OCCc3ncccn3)c(F)c2)n1. The van der Waals surface area contributed by atoms with E-state index in [-0.39, 0.29) is 43.6 Å². The van der Waals surface area contributed by atoms with Crippen molar-refractivity contribution in [3.63, 3.8) is 0 Å². The van der Waals surface area contributed by atoms with Crippen molar-refractivity contribution in [2.24, 2.45) is 5.73 Å². The summed E-state index contributed by atoms with van der Waals surface area (Å²) in [4.78, 5) is 20.0. The summed E-state index contributed by atoms with van der Waals surface area (Å²) in [5.74, 6) is -0.669. The zero-order valence-electron chi connectivity index (χ0n) is 15.2. The number of carbonyl (C=O) groups is 1. The first kappa shape index (κ1) is 22.1. The van der Waals surface area contributed by atoms with Crippen LogP contribution in [0, 0.1) is 5.82 Å². The smallest absolute Gasteiger partial charge is 0.304 e. The number of ether oxygens (including phenoxy) is 1. The van der Waals surface area contributed by atoms with Crippen LogP contribution in [0.2, 0.25) is 0 Å². The monoisotopic (exact) mass is 423 g/mol. The maximum Gasteiger partial charge on any atom is 0.304 e. The molecule has 3 rings (SSSR count). The van der Waals surface area contributed by atoms with Crippen molar-refractivity contribution >= 4 is 18.4 Å². The predicted octanol–water partition coefficient (Wildman–Crippen LogP) is 1.11. The van der Waals surface area contributed by atoms with Gasteiger partial charge in [0.25, 0.3) is 0 Å². The molecule has 0 aliphatic rings. The quantitative estimate of drug-likeness (QED) is 0.517. The number of nitrogens with two attached hydrogens (primary N) is 1. The van der Waals surface area contributed by atoms with Crippen LogP contribution in [0.25, 0.3) is 11.4 Å². The second-order valence-corrected chi connectivity index (χ2v) is 5.93. The highest BCUT2D eigenvalue weighted by Crippen LogP contribution is 2.23. The number of halogens is 2. The van der Waals surface area contributed by atoms with Crippen LogP contribution < -0.4 is 10.5 Å². The van der Waals surface area contributed by atoms with Gasteiger partial charge in [-0.3, -0.25) is 4.79 Å². The molecule has 0 fully saturated rings. The topological polar surface area (TPSA) is 142 Å². The summed E-state index contributed by atoms with van der Waals surface area (Å²) in [5.41, 5.74) is 6.10. The number of hydrogen-bond acceptors (Lipinski definition) is 8. The van der Waals surface area contributed by atoms with E-state index in [1.807, 2.05) is 0 Å². The molecule has 0 radical (unpaired) electrons. The second-order valence-electron chi connectivity index (χ2n) is 5.93. The van der Waals surface area contributed by atoms with Crippen molar-refractivity contribution < 1.29 is 19.0 Å². The number of nitrogens with zero attached hydrogens (tertiary/aromatic N) is 6. The first-order valence-electron chi connectivity index (χ1n) is 8.45. The van der Waals surface area contributed by atoms with Crippen LogP contribution in [0.5, 0.6) is 5.75 Å². The molecule has 0 aliphatic carbocycles. The van der Waals surface area contributed by atoms with Gasteiger partial charge in [-0.2, -0.15) is 4.80 Å². The van der Waals surface area contributed by atoms with Crippen molar-refractivity contribution in [3.8, 4) is 17.1 Å². The predicted molar refractivity (Wildman–Crippen MR) is 102 cm³/mol. The first-order valence-corrected chi connectivity index (χ1v) is 8.45. The molecule has 0 aliphatic heterocycles. The van der Waals surface area contributed by atoms with Gasteiger partial charge in [-0.1, -0.05) is 0 Å². The fraction of sp³-hybridized carbons (Fsp3) is 0.294. The molecule has 1 atom stereocenters. The Morgan fingerprint density at radius 2 is 2.07 bits per heavy atom. The Bertz CT molecular complexity index is 942. The van der Waals surface area contributed by atoms with E-state index in [9.17, 15) is 9.18 Å². The zero-order valence-corrected chi connectivity index (χ0v) is 16.0. The van der Waals surface area contributed by atoms with Gasteiger partial charge in [0.05, 0.1) is 19.6 Å². The van der Waals surface area contributed by atoms with Crippen LogP contribution in [-0.2, 0) is 17.8 Å². The summed E-state index contributed by atoms with van der Waals surface area (Å²) in [7, 11) is 0. The van der Waals surface area contributed by atoms with E-state index in [2.05, 4.69) is 25.4 Å². The Balaban J connectivity index is 0.00000300. The van der Waals surface area contributed by atoms with Crippen LogP contribution in [0.1, 0.15) is 12.2 Å². The van der Waals surface area contributed by atoms with Gasteiger partial charge in [0.2, 0.25) is 5.82 Å². The van der Waals surface area contributed by atoms with E-state index in [4.69, 9.17) is 15.6 Å². The lowest BCUT2D eigenvalue weighted by molar-refractivity contribution is -0.137. The number of rotatable bonds is 9. The van der Waals surface area contributed by atoms with Gasteiger partial charge >= 0.3 is 5.97 Å². The Labute approximate surface area is 171 Å². The van der Waals surface area contributed by atoms with Gasteiger partial charge in [0.15, 0.2) is 11.6 Å². The molecule has 3 N–H and O–H groups in total. The van der Waals surface area contributed by atoms with E-state index in [0.29, 0.717) is 17.8 Å². The largest absolute Gasteiger partial charge is 0.490 e. The number of tetrazole rings is 1. The summed E-state index contributed by atoms with van der Waals surface area (Å²) in [5, 5.41) is 20.5. The van der Waals surface area contributed by atoms with Crippen molar-refractivity contribution in [3.05, 3.63) is 48.3 Å². The Kier molecular flexibility index (Phi) is 7.92. The van der Waals surface area contributed by atoms with Crippen LogP contribution in [-0.4, -0.2) is 53.9 Å². The van der Waals surface area contributed by atoms with Crippen LogP contribution in [0.4, 0.5) is 4.39 Å². The molecule has 0 saturated heterocycles. The number of aromatic nitrogens is 6. The third kappa shape index (κ3) is 6.43. The van der Waals surface area contributed by atoms with Crippen LogP contribution >= 0.6 is 12.4 Å². The molecule has 0 unspecified atom stereocenters. The number of carboxylic acids is 1. The highest BCUT2D eigenvalue weighted by atomic mass is 35.5. The van der Waals surface area contributed by atoms with Crippen LogP contribution in [0.3, 0.4) is 0 Å². The fourth-order valence-corrected chi connectivity index (χ4v) is 2.40. The molecule has 2 heterocycles. The standard InChI is InChI=1S/C17H18FN7O3.ClH/c18-13-8-11(17-22-24-25(23-17)10-12(19)9-16(26)27)2-3-14(13)28-7-4-15-20-5-1-6-21-15;/h1-3,5-6,8,12H,4,7,9-10,19H2,(H,26,27);1H/t12-;/m0./s1. The molecule has 0 amide bonds. The maximum absolute atomic E-state index is 14.3. The van der Waals surface area contributed by atoms with Crippen molar-refractivity contribution in [2.45, 2.75) is 25.4 Å². The lowest BCUT2D eigenvalue weighted by Crippen LogP contribution is -2.30. The van der Waals surface area contributed by atoms with Crippen molar-refractivity contribution in [1.82, 2.24) is 30.2 Å². The maximum atomic E-state index is 14.3. The third-order valence-electron chi connectivity index (χ3n) is 3.68. The zero-order chi connectivity index (χ0) is 19.9. The Morgan fingerprint density at radius 3 is 2.76 bits per heavy atom. The van der Waals surface area contributed by atoms with E-state index >= 15 is 0 Å². The average molecular weight is 424 g/mol. The first-order chi connectivity index (χ1) is 13.5. The normalized spacial score (nSPS) is 11.5. The van der Waals surface area contributed by atoms with Crippen molar-refractivity contribution in [1.29, 1.82) is 0 Å². The number of carboxylic acid groups (broad SMARTS) is 1. The molecule has 2 aromatic heterocycles. The highest BCUT2D eigenvalue weighted by molar-refractivity contribution is 5.85. The van der Waals surface area contributed by atoms with Gasteiger partial charge < -0.3 is 15.6 Å². The molecule has 10 nitrogen and oxygen atoms in total. The van der Waals surface area contributed by atoms with E-state index in [1.165, 1.54) is 16.9 Å². The minimum absolute atomic E-state index is 0. The lowest BCUT2D eigenvalue weighted by atomic mass is 10.2. The van der Waals surface area contributed by atoms with Crippen LogP contribution in [0.15, 0.2) is 36.7 Å². The van der Waals surface area contributed by atoms with Gasteiger partial charge in [-0.05, 0) is 29.5 Å². The Morgan fingerprint density at radius 1 is 1.31 bits per heavy atom. The molecule has 154 valence electrons. The van der Waals surface area contributed by atoms with E-state index < -0.39 is 17.8 Å². The molecule has 29 heavy (non-hydrogen) atoms. The second kappa shape index (κ2) is 10.4. The average Bonchev–Trinajstić information content (AvgIpc) is 3.11. The number of benzene rings is 1. The number of hydrogen-bond donors (Lipinski definition) is 2. The summed E-state index contributed by atoms with van der Waals surface area (Å²) in [6.07, 6.45) is 3.50. The molecule has 1 aromatic carbocycles. The van der Waals surface area contributed by atoms with Gasteiger partial charge in [-0.25, -0.2) is 14.4 Å². The molecule has 0 spiro atoms. The molecule has 12 heteroatoms. The van der Waals surface area contributed by atoms with Crippen molar-refractivity contribution in [2.75, 3.05) is 6.61 Å². The van der Waals surface area contributed by atoms with Gasteiger partial charge in [0.1, 0.15) is 5.82 Å². The van der Waals surface area contributed by atoms with Gasteiger partial charge in [0, 0.05) is 30.4 Å². The molecule has 0 bridgehead atoms. The molecule has 3 aromatic rings. The minimum atomic E-state index is -1.01. The summed E-state index contributed by atoms with van der Waals surface area (Å²) in [6.45, 7) is 0.320. The minimum Gasteiger partial charge on any atom is -0.490 e. The molecular formula is C17H19ClFN7O3. The lowest BCUT2D eigenvalue weighted by Gasteiger charge is -2.07. The molecular weight excluding hydrogens is 405 g/mol. The number of aliphatic carboxylic acids is 1. The fourth-order valence-electron chi connectivity index (χ4n) is 2.40. The van der Waals surface area contributed by atoms with E-state index in [1.54, 1.807) is 24.5 Å². The summed E-state index contributed by atoms with van der Waals surface area (Å²) in [6, 6.07) is 5.39. The Hall–Kier alpha value is -3.18. The highest BCUT2D eigenvalue weighted by Gasteiger charge is 2.14. The summed E-state index contributed by atoms with van der Waals surface area (Å²) >= 11 is 0. The van der Waals surface area contributed by atoms with Gasteiger partial charge in [-0.15, -0.1) is 22.6 Å².